The molecule has 0 aliphatic carbocycles. The molecule has 0 unspecified atom stereocenters. The van der Waals surface area contributed by atoms with Crippen LogP contribution in [0, 0.1) is 5.82 Å². The second kappa shape index (κ2) is 7.94. The predicted octanol–water partition coefficient (Wildman–Crippen LogP) is 1.26. The number of fused-ring (bicyclic) bond motifs is 2. The van der Waals surface area contributed by atoms with Crippen molar-refractivity contribution in [1.82, 2.24) is 25.5 Å². The van der Waals surface area contributed by atoms with Gasteiger partial charge in [-0.15, -0.1) is 0 Å². The topological polar surface area (TPSA) is 90.1 Å². The summed E-state index contributed by atoms with van der Waals surface area (Å²) in [4.78, 5) is 34.6. The lowest BCUT2D eigenvalue weighted by atomic mass is 9.80. The summed E-state index contributed by atoms with van der Waals surface area (Å²) >= 11 is 0. The van der Waals surface area contributed by atoms with E-state index in [-0.39, 0.29) is 29.6 Å². The third-order valence-corrected chi connectivity index (χ3v) is 5.96. The Balaban J connectivity index is 1.31. The van der Waals surface area contributed by atoms with E-state index in [0.717, 1.165) is 31.5 Å². The van der Waals surface area contributed by atoms with Crippen molar-refractivity contribution in [2.75, 3.05) is 19.6 Å². The van der Waals surface area contributed by atoms with Crippen LogP contribution in [0.5, 0.6) is 0 Å². The lowest BCUT2D eigenvalue weighted by Crippen LogP contribution is -2.57. The number of amides is 2. The largest absolute Gasteiger partial charge is 0.348 e. The molecule has 3 N–H and O–H groups in total. The lowest BCUT2D eigenvalue weighted by molar-refractivity contribution is -0.137. The van der Waals surface area contributed by atoms with Crippen molar-refractivity contribution in [3.63, 3.8) is 0 Å². The molecule has 8 heteroatoms. The fourth-order valence-electron chi connectivity index (χ4n) is 4.37. The Morgan fingerprint density at radius 3 is 2.72 bits per heavy atom. The molecule has 1 fully saturated rings. The fourth-order valence-corrected chi connectivity index (χ4v) is 4.37. The minimum atomic E-state index is -0.600. The first-order valence-corrected chi connectivity index (χ1v) is 10.1. The van der Waals surface area contributed by atoms with Gasteiger partial charge in [0.25, 0.3) is 0 Å². The van der Waals surface area contributed by atoms with Crippen molar-refractivity contribution in [2.45, 2.75) is 44.2 Å². The van der Waals surface area contributed by atoms with Gasteiger partial charge in [0, 0.05) is 31.7 Å². The summed E-state index contributed by atoms with van der Waals surface area (Å²) in [7, 11) is 0. The molecular weight excluding hydrogens is 373 g/mol. The summed E-state index contributed by atoms with van der Waals surface area (Å²) in [6, 6.07) is 5.20. The van der Waals surface area contributed by atoms with E-state index in [2.05, 4.69) is 20.6 Å². The summed E-state index contributed by atoms with van der Waals surface area (Å²) in [5.41, 5.74) is 2.81. The van der Waals surface area contributed by atoms with Crippen LogP contribution in [-0.4, -0.2) is 52.4 Å². The number of carbonyl (C=O) groups excluding carboxylic acids is 2. The predicted molar refractivity (Wildman–Crippen MR) is 105 cm³/mol. The van der Waals surface area contributed by atoms with Gasteiger partial charge in [0.15, 0.2) is 0 Å². The van der Waals surface area contributed by atoms with Crippen LogP contribution in [0.4, 0.5) is 4.39 Å². The van der Waals surface area contributed by atoms with E-state index < -0.39 is 6.04 Å². The summed E-state index contributed by atoms with van der Waals surface area (Å²) in [6.45, 7) is 3.85. The number of H-pyrrole nitrogens is 1. The Morgan fingerprint density at radius 2 is 2.00 bits per heavy atom. The molecule has 7 nitrogen and oxygen atoms in total. The van der Waals surface area contributed by atoms with Crippen LogP contribution in [-0.2, 0) is 28.0 Å². The van der Waals surface area contributed by atoms with E-state index in [0.29, 0.717) is 18.7 Å². The van der Waals surface area contributed by atoms with Gasteiger partial charge in [-0.05, 0) is 37.5 Å². The summed E-state index contributed by atoms with van der Waals surface area (Å²) in [5, 5.41) is 6.38. The van der Waals surface area contributed by atoms with Crippen LogP contribution in [0.1, 0.15) is 36.7 Å². The standard InChI is InChI=1S/C21H26FN5O2/c1-14(26-18(28)12-15-2-4-16(22)5-3-15)20(29)27-10-7-21(8-11-27)19-17(6-9-25-21)23-13-24-19/h2-5,13-14,25H,6-12H2,1H3,(H,23,24)(H,26,28)/t14-/m0/s1. The smallest absolute Gasteiger partial charge is 0.244 e. The third kappa shape index (κ3) is 4.03. The Kier molecular flexibility index (Phi) is 5.36. The van der Waals surface area contributed by atoms with Gasteiger partial charge in [0.1, 0.15) is 11.9 Å². The molecule has 1 aromatic carbocycles. The molecule has 2 amide bonds. The van der Waals surface area contributed by atoms with Gasteiger partial charge in [-0.2, -0.15) is 0 Å². The number of hydrogen-bond donors (Lipinski definition) is 3. The van der Waals surface area contributed by atoms with Crippen molar-refractivity contribution in [2.24, 2.45) is 0 Å². The molecule has 0 radical (unpaired) electrons. The Morgan fingerprint density at radius 1 is 1.28 bits per heavy atom. The van der Waals surface area contributed by atoms with E-state index >= 15 is 0 Å². The lowest BCUT2D eigenvalue weighted by Gasteiger charge is -2.44. The van der Waals surface area contributed by atoms with E-state index in [1.165, 1.54) is 17.8 Å². The molecule has 0 bridgehead atoms. The number of nitrogens with one attached hydrogen (secondary N) is 3. The average Bonchev–Trinajstić information content (AvgIpc) is 3.20. The van der Waals surface area contributed by atoms with Crippen LogP contribution >= 0.6 is 0 Å². The van der Waals surface area contributed by atoms with Gasteiger partial charge >= 0.3 is 0 Å². The van der Waals surface area contributed by atoms with Gasteiger partial charge in [-0.1, -0.05) is 12.1 Å². The first kappa shape index (κ1) is 19.6. The molecule has 154 valence electrons. The maximum absolute atomic E-state index is 13.0. The third-order valence-electron chi connectivity index (χ3n) is 5.96. The number of aromatic amines is 1. The van der Waals surface area contributed by atoms with E-state index in [1.807, 2.05) is 4.90 Å². The van der Waals surface area contributed by atoms with E-state index in [9.17, 15) is 14.0 Å². The number of nitrogens with zero attached hydrogens (tertiary/aromatic N) is 2. The first-order valence-electron chi connectivity index (χ1n) is 10.1. The van der Waals surface area contributed by atoms with Crippen molar-refractivity contribution in [3.05, 3.63) is 53.4 Å². The second-order valence-electron chi connectivity index (χ2n) is 7.91. The summed E-state index contributed by atoms with van der Waals surface area (Å²) < 4.78 is 13.0. The quantitative estimate of drug-likeness (QED) is 0.722. The van der Waals surface area contributed by atoms with Crippen LogP contribution in [0.3, 0.4) is 0 Å². The minimum Gasteiger partial charge on any atom is -0.348 e. The number of hydrogen-bond acceptors (Lipinski definition) is 4. The van der Waals surface area contributed by atoms with Crippen molar-refractivity contribution < 1.29 is 14.0 Å². The van der Waals surface area contributed by atoms with Crippen LogP contribution in [0.2, 0.25) is 0 Å². The molecule has 1 atom stereocenters. The summed E-state index contributed by atoms with van der Waals surface area (Å²) in [5.74, 6) is -0.665. The monoisotopic (exact) mass is 399 g/mol. The molecule has 0 saturated carbocycles. The number of aromatic nitrogens is 2. The van der Waals surface area contributed by atoms with E-state index in [1.54, 1.807) is 25.4 Å². The number of piperidine rings is 1. The van der Waals surface area contributed by atoms with Crippen LogP contribution in [0.25, 0.3) is 0 Å². The number of halogens is 1. The molecule has 2 aliphatic rings. The van der Waals surface area contributed by atoms with Crippen molar-refractivity contribution >= 4 is 11.8 Å². The maximum atomic E-state index is 13.0. The number of imidazole rings is 1. The highest BCUT2D eigenvalue weighted by molar-refractivity contribution is 5.88. The highest BCUT2D eigenvalue weighted by Gasteiger charge is 2.42. The normalized spacial score (nSPS) is 18.9. The second-order valence-corrected chi connectivity index (χ2v) is 7.91. The molecule has 4 rings (SSSR count). The SMILES string of the molecule is C[C@H](NC(=O)Cc1ccc(F)cc1)C(=O)N1CCC2(CC1)NCCc1[nH]cnc12. The van der Waals surface area contributed by atoms with Crippen LogP contribution < -0.4 is 10.6 Å². The molecular formula is C21H26FN5O2. The molecule has 1 aromatic heterocycles. The molecule has 1 saturated heterocycles. The van der Waals surface area contributed by atoms with Crippen molar-refractivity contribution in [3.8, 4) is 0 Å². The zero-order chi connectivity index (χ0) is 20.4. The molecule has 2 aliphatic heterocycles. The van der Waals surface area contributed by atoms with Gasteiger partial charge in [0.05, 0.1) is 24.0 Å². The Hall–Kier alpha value is -2.74. The van der Waals surface area contributed by atoms with Crippen LogP contribution in [0.15, 0.2) is 30.6 Å². The summed E-state index contributed by atoms with van der Waals surface area (Å²) in [6.07, 6.45) is 4.40. The highest BCUT2D eigenvalue weighted by atomic mass is 19.1. The first-order chi connectivity index (χ1) is 14.0. The molecule has 2 aromatic rings. The molecule has 1 spiro atoms. The van der Waals surface area contributed by atoms with Gasteiger partial charge in [-0.25, -0.2) is 9.37 Å². The minimum absolute atomic E-state index is 0.0784. The number of benzene rings is 1. The highest BCUT2D eigenvalue weighted by Crippen LogP contribution is 2.35. The number of rotatable bonds is 4. The molecule has 29 heavy (non-hydrogen) atoms. The van der Waals surface area contributed by atoms with Gasteiger partial charge in [0.2, 0.25) is 11.8 Å². The van der Waals surface area contributed by atoms with E-state index in [4.69, 9.17) is 0 Å². The average molecular weight is 399 g/mol. The van der Waals surface area contributed by atoms with Gasteiger partial charge < -0.3 is 20.5 Å². The maximum Gasteiger partial charge on any atom is 0.244 e. The fraction of sp³-hybridized carbons (Fsp3) is 0.476. The van der Waals surface area contributed by atoms with Crippen molar-refractivity contribution in [1.29, 1.82) is 0 Å². The molecule has 3 heterocycles. The number of carbonyl (C=O) groups is 2. The zero-order valence-corrected chi connectivity index (χ0v) is 16.5. The zero-order valence-electron chi connectivity index (χ0n) is 16.5. The number of likely N-dealkylation sites (tertiary alicyclic amines) is 1. The Bertz CT molecular complexity index is 887. The van der Waals surface area contributed by atoms with Gasteiger partial charge in [-0.3, -0.25) is 9.59 Å². The Labute approximate surface area is 169 Å².